The van der Waals surface area contributed by atoms with Crippen LogP contribution in [0.25, 0.3) is 0 Å². The molecule has 0 unspecified atom stereocenters. The van der Waals surface area contributed by atoms with Gasteiger partial charge >= 0.3 is 0 Å². The summed E-state index contributed by atoms with van der Waals surface area (Å²) in [6.07, 6.45) is 2.46. The van der Waals surface area contributed by atoms with Crippen molar-refractivity contribution in [1.82, 2.24) is 5.32 Å². The Morgan fingerprint density at radius 2 is 1.76 bits per heavy atom. The maximum Gasteiger partial charge on any atom is 0.200 e. The molecule has 1 aliphatic rings. The highest BCUT2D eigenvalue weighted by atomic mass is 19.2. The summed E-state index contributed by atoms with van der Waals surface area (Å²) >= 11 is 0. The van der Waals surface area contributed by atoms with Gasteiger partial charge in [-0.2, -0.15) is 4.39 Å². The zero-order valence-electron chi connectivity index (χ0n) is 11.6. The van der Waals surface area contributed by atoms with Gasteiger partial charge < -0.3 is 10.1 Å². The topological polar surface area (TPSA) is 21.3 Å². The van der Waals surface area contributed by atoms with Crippen LogP contribution in [-0.2, 0) is 13.2 Å². The SMILES string of the molecule is Fc1cccc(OCc2ccccc2CNC2CC2)c1F. The first kappa shape index (κ1) is 14.0. The van der Waals surface area contributed by atoms with Crippen molar-refractivity contribution >= 4 is 0 Å². The van der Waals surface area contributed by atoms with E-state index in [2.05, 4.69) is 5.32 Å². The molecule has 2 nitrogen and oxygen atoms in total. The molecule has 0 amide bonds. The van der Waals surface area contributed by atoms with Gasteiger partial charge in [-0.3, -0.25) is 0 Å². The minimum atomic E-state index is -0.939. The summed E-state index contributed by atoms with van der Waals surface area (Å²) in [5.74, 6) is -1.89. The fourth-order valence-corrected chi connectivity index (χ4v) is 2.16. The number of halogens is 2. The zero-order chi connectivity index (χ0) is 14.7. The lowest BCUT2D eigenvalue weighted by Crippen LogP contribution is -2.17. The fraction of sp³-hybridized carbons (Fsp3) is 0.294. The number of rotatable bonds is 6. The highest BCUT2D eigenvalue weighted by Crippen LogP contribution is 2.22. The minimum Gasteiger partial charge on any atom is -0.486 e. The molecule has 1 aliphatic carbocycles. The molecular weight excluding hydrogens is 272 g/mol. The monoisotopic (exact) mass is 289 g/mol. The smallest absolute Gasteiger partial charge is 0.200 e. The largest absolute Gasteiger partial charge is 0.486 e. The molecule has 0 bridgehead atoms. The Hall–Kier alpha value is -1.94. The van der Waals surface area contributed by atoms with Crippen molar-refractivity contribution in [1.29, 1.82) is 0 Å². The van der Waals surface area contributed by atoms with Crippen molar-refractivity contribution in [3.05, 3.63) is 65.2 Å². The first-order valence-electron chi connectivity index (χ1n) is 7.11. The summed E-state index contributed by atoms with van der Waals surface area (Å²) in [4.78, 5) is 0. The van der Waals surface area contributed by atoms with Crippen LogP contribution in [0.3, 0.4) is 0 Å². The average molecular weight is 289 g/mol. The third-order valence-electron chi connectivity index (χ3n) is 3.58. The Balaban J connectivity index is 1.67. The van der Waals surface area contributed by atoms with Crippen LogP contribution in [0.2, 0.25) is 0 Å². The Kier molecular flexibility index (Phi) is 4.15. The summed E-state index contributed by atoms with van der Waals surface area (Å²) in [6, 6.07) is 12.4. The van der Waals surface area contributed by atoms with E-state index in [1.54, 1.807) is 0 Å². The van der Waals surface area contributed by atoms with Crippen LogP contribution in [0.4, 0.5) is 8.78 Å². The van der Waals surface area contributed by atoms with Gasteiger partial charge in [0.05, 0.1) is 0 Å². The zero-order valence-corrected chi connectivity index (χ0v) is 11.6. The molecule has 2 aromatic rings. The van der Waals surface area contributed by atoms with Gasteiger partial charge in [0.2, 0.25) is 5.82 Å². The van der Waals surface area contributed by atoms with Crippen molar-refractivity contribution in [3.8, 4) is 5.75 Å². The Morgan fingerprint density at radius 1 is 1.00 bits per heavy atom. The molecule has 2 aromatic carbocycles. The number of hydrogen-bond donors (Lipinski definition) is 1. The van der Waals surface area contributed by atoms with Gasteiger partial charge in [-0.25, -0.2) is 4.39 Å². The molecule has 1 saturated carbocycles. The highest BCUT2D eigenvalue weighted by Gasteiger charge is 2.20. The van der Waals surface area contributed by atoms with Gasteiger partial charge in [0, 0.05) is 12.6 Å². The molecule has 1 fully saturated rings. The van der Waals surface area contributed by atoms with Crippen LogP contribution in [0.1, 0.15) is 24.0 Å². The van der Waals surface area contributed by atoms with E-state index in [1.807, 2.05) is 24.3 Å². The number of benzene rings is 2. The van der Waals surface area contributed by atoms with Crippen molar-refractivity contribution in [3.63, 3.8) is 0 Å². The predicted molar refractivity (Wildman–Crippen MR) is 77.0 cm³/mol. The number of ether oxygens (including phenoxy) is 1. The normalized spacial score (nSPS) is 14.2. The van der Waals surface area contributed by atoms with E-state index < -0.39 is 11.6 Å². The van der Waals surface area contributed by atoms with E-state index in [1.165, 1.54) is 25.0 Å². The molecular formula is C17H17F2NO. The Bertz CT molecular complexity index is 626. The number of nitrogens with one attached hydrogen (secondary N) is 1. The first-order chi connectivity index (χ1) is 10.2. The second-order valence-electron chi connectivity index (χ2n) is 5.26. The molecule has 110 valence electrons. The lowest BCUT2D eigenvalue weighted by Gasteiger charge is -2.12. The molecule has 21 heavy (non-hydrogen) atoms. The van der Waals surface area contributed by atoms with E-state index in [-0.39, 0.29) is 12.4 Å². The van der Waals surface area contributed by atoms with Crippen molar-refractivity contribution in [2.75, 3.05) is 0 Å². The molecule has 1 N–H and O–H groups in total. The summed E-state index contributed by atoms with van der Waals surface area (Å²) in [5.41, 5.74) is 2.11. The lowest BCUT2D eigenvalue weighted by atomic mass is 10.1. The van der Waals surface area contributed by atoms with E-state index in [9.17, 15) is 8.78 Å². The highest BCUT2D eigenvalue weighted by molar-refractivity contribution is 5.29. The molecule has 0 aliphatic heterocycles. The summed E-state index contributed by atoms with van der Waals surface area (Å²) in [5, 5.41) is 3.44. The van der Waals surface area contributed by atoms with Crippen LogP contribution >= 0.6 is 0 Å². The summed E-state index contributed by atoms with van der Waals surface area (Å²) in [7, 11) is 0. The van der Waals surface area contributed by atoms with Crippen LogP contribution in [0.15, 0.2) is 42.5 Å². The standard InChI is InChI=1S/C17H17F2NO/c18-15-6-3-7-16(17(15)19)21-11-13-5-2-1-4-12(13)10-20-14-8-9-14/h1-7,14,20H,8-11H2. The molecule has 0 heterocycles. The van der Waals surface area contributed by atoms with E-state index in [4.69, 9.17) is 4.74 Å². The van der Waals surface area contributed by atoms with Gasteiger partial charge in [-0.05, 0) is 36.1 Å². The van der Waals surface area contributed by atoms with Gasteiger partial charge in [0.25, 0.3) is 0 Å². The van der Waals surface area contributed by atoms with Gasteiger partial charge in [-0.1, -0.05) is 30.3 Å². The molecule has 3 rings (SSSR count). The van der Waals surface area contributed by atoms with Gasteiger partial charge in [0.15, 0.2) is 11.6 Å². The number of hydrogen-bond acceptors (Lipinski definition) is 2. The van der Waals surface area contributed by atoms with Crippen LogP contribution < -0.4 is 10.1 Å². The van der Waals surface area contributed by atoms with Gasteiger partial charge in [0.1, 0.15) is 6.61 Å². The maximum absolute atomic E-state index is 13.6. The Labute approximate surface area is 122 Å². The van der Waals surface area contributed by atoms with Crippen LogP contribution in [0, 0.1) is 11.6 Å². The minimum absolute atomic E-state index is 0.0556. The Morgan fingerprint density at radius 3 is 2.52 bits per heavy atom. The van der Waals surface area contributed by atoms with Gasteiger partial charge in [-0.15, -0.1) is 0 Å². The molecule has 4 heteroatoms. The molecule has 0 atom stereocenters. The average Bonchev–Trinajstić information content (AvgIpc) is 3.32. The predicted octanol–water partition coefficient (Wildman–Crippen LogP) is 3.80. The fourth-order valence-electron chi connectivity index (χ4n) is 2.16. The second kappa shape index (κ2) is 6.22. The lowest BCUT2D eigenvalue weighted by molar-refractivity contribution is 0.283. The first-order valence-corrected chi connectivity index (χ1v) is 7.11. The molecule has 0 aromatic heterocycles. The van der Waals surface area contributed by atoms with E-state index >= 15 is 0 Å². The van der Waals surface area contributed by atoms with Crippen LogP contribution in [-0.4, -0.2) is 6.04 Å². The molecule has 0 spiro atoms. The van der Waals surface area contributed by atoms with Crippen molar-refractivity contribution < 1.29 is 13.5 Å². The second-order valence-corrected chi connectivity index (χ2v) is 5.26. The van der Waals surface area contributed by atoms with E-state index in [0.29, 0.717) is 6.04 Å². The molecule has 0 saturated heterocycles. The van der Waals surface area contributed by atoms with Crippen molar-refractivity contribution in [2.45, 2.75) is 32.0 Å². The van der Waals surface area contributed by atoms with Crippen molar-refractivity contribution in [2.24, 2.45) is 0 Å². The quantitative estimate of drug-likeness (QED) is 0.873. The third kappa shape index (κ3) is 3.58. The summed E-state index contributed by atoms with van der Waals surface area (Å²) < 4.78 is 32.1. The third-order valence-corrected chi connectivity index (χ3v) is 3.58. The summed E-state index contributed by atoms with van der Waals surface area (Å²) in [6.45, 7) is 0.999. The maximum atomic E-state index is 13.6. The molecule has 0 radical (unpaired) electrons. The van der Waals surface area contributed by atoms with Crippen LogP contribution in [0.5, 0.6) is 5.75 Å². The van der Waals surface area contributed by atoms with E-state index in [0.717, 1.165) is 23.7 Å².